The second-order valence-electron chi connectivity index (χ2n) is 7.94. The summed E-state index contributed by atoms with van der Waals surface area (Å²) in [6.07, 6.45) is 1.54. The molecule has 1 aromatic heterocycles. The van der Waals surface area contributed by atoms with Crippen molar-refractivity contribution in [3.8, 4) is 5.75 Å². The SMILES string of the molecule is O=C(COCc1ccccc1)N(Cc1ccc(OS(=O)(=O)c2ccc(F)cc2)cc1)Cc1ccco1. The number of amides is 1. The van der Waals surface area contributed by atoms with Gasteiger partial charge in [0.25, 0.3) is 0 Å². The highest BCUT2D eigenvalue weighted by Crippen LogP contribution is 2.21. The van der Waals surface area contributed by atoms with Crippen molar-refractivity contribution in [3.63, 3.8) is 0 Å². The van der Waals surface area contributed by atoms with Crippen molar-refractivity contribution in [1.82, 2.24) is 4.90 Å². The van der Waals surface area contributed by atoms with Crippen LogP contribution >= 0.6 is 0 Å². The molecule has 0 fully saturated rings. The van der Waals surface area contributed by atoms with Gasteiger partial charge in [0.15, 0.2) is 0 Å². The highest BCUT2D eigenvalue weighted by molar-refractivity contribution is 7.87. The number of ether oxygens (including phenoxy) is 1. The monoisotopic (exact) mass is 509 g/mol. The fourth-order valence-corrected chi connectivity index (χ4v) is 4.32. The number of nitrogens with zero attached hydrogens (tertiary/aromatic N) is 1. The van der Waals surface area contributed by atoms with Gasteiger partial charge in [-0.2, -0.15) is 8.42 Å². The van der Waals surface area contributed by atoms with Crippen molar-refractivity contribution in [3.05, 3.63) is 120 Å². The molecule has 0 N–H and O–H groups in total. The Bertz CT molecular complexity index is 1360. The summed E-state index contributed by atoms with van der Waals surface area (Å²) in [4.78, 5) is 14.4. The maximum Gasteiger partial charge on any atom is 0.339 e. The lowest BCUT2D eigenvalue weighted by Gasteiger charge is -2.22. The van der Waals surface area contributed by atoms with Gasteiger partial charge < -0.3 is 18.2 Å². The molecule has 0 aliphatic heterocycles. The molecule has 4 aromatic rings. The molecule has 4 rings (SSSR count). The number of furan rings is 1. The highest BCUT2D eigenvalue weighted by Gasteiger charge is 2.19. The van der Waals surface area contributed by atoms with Crippen molar-refractivity contribution in [2.24, 2.45) is 0 Å². The van der Waals surface area contributed by atoms with E-state index < -0.39 is 15.9 Å². The van der Waals surface area contributed by atoms with Crippen LogP contribution in [0.2, 0.25) is 0 Å². The van der Waals surface area contributed by atoms with Gasteiger partial charge in [-0.3, -0.25) is 4.79 Å². The van der Waals surface area contributed by atoms with E-state index in [4.69, 9.17) is 13.3 Å². The second-order valence-corrected chi connectivity index (χ2v) is 9.49. The van der Waals surface area contributed by atoms with Gasteiger partial charge in [-0.05, 0) is 59.7 Å². The molecule has 0 atom stereocenters. The summed E-state index contributed by atoms with van der Waals surface area (Å²) >= 11 is 0. The molecule has 0 spiro atoms. The first-order valence-electron chi connectivity index (χ1n) is 11.1. The lowest BCUT2D eigenvalue weighted by atomic mass is 10.2. The molecule has 0 radical (unpaired) electrons. The van der Waals surface area contributed by atoms with Gasteiger partial charge in [-0.15, -0.1) is 0 Å². The molecular weight excluding hydrogens is 485 g/mol. The highest BCUT2D eigenvalue weighted by atomic mass is 32.2. The largest absolute Gasteiger partial charge is 0.467 e. The number of rotatable bonds is 11. The Hall–Kier alpha value is -3.95. The molecule has 1 amide bonds. The molecule has 7 nitrogen and oxygen atoms in total. The molecule has 0 unspecified atom stereocenters. The molecule has 0 aliphatic carbocycles. The summed E-state index contributed by atoms with van der Waals surface area (Å²) in [5, 5.41) is 0. The maximum atomic E-state index is 13.1. The Labute approximate surface area is 208 Å². The minimum absolute atomic E-state index is 0.0955. The third kappa shape index (κ3) is 7.03. The minimum Gasteiger partial charge on any atom is -0.467 e. The van der Waals surface area contributed by atoms with E-state index in [1.165, 1.54) is 18.4 Å². The van der Waals surface area contributed by atoms with E-state index >= 15 is 0 Å². The van der Waals surface area contributed by atoms with Crippen LogP contribution < -0.4 is 4.18 Å². The predicted molar refractivity (Wildman–Crippen MR) is 130 cm³/mol. The molecule has 0 saturated carbocycles. The van der Waals surface area contributed by atoms with Gasteiger partial charge >= 0.3 is 10.1 Å². The van der Waals surface area contributed by atoms with E-state index in [9.17, 15) is 17.6 Å². The zero-order valence-electron chi connectivity index (χ0n) is 19.2. The first-order valence-corrected chi connectivity index (χ1v) is 12.5. The molecule has 0 aliphatic rings. The van der Waals surface area contributed by atoms with Gasteiger partial charge in [0.1, 0.15) is 28.8 Å². The van der Waals surface area contributed by atoms with E-state index in [0.717, 1.165) is 35.4 Å². The van der Waals surface area contributed by atoms with Crippen molar-refractivity contribution in [2.75, 3.05) is 6.61 Å². The standard InChI is InChI=1S/C27H24FNO6S/c28-23-10-14-26(15-11-23)36(31,32)35-24-12-8-21(9-13-24)17-29(18-25-7-4-16-34-25)27(30)20-33-19-22-5-2-1-3-6-22/h1-16H,17-20H2. The fraction of sp³-hybridized carbons (Fsp3) is 0.148. The number of hydrogen-bond acceptors (Lipinski definition) is 6. The van der Waals surface area contributed by atoms with Crippen molar-refractivity contribution < 1.29 is 30.9 Å². The van der Waals surface area contributed by atoms with Crippen LogP contribution in [0.25, 0.3) is 0 Å². The smallest absolute Gasteiger partial charge is 0.339 e. The summed E-state index contributed by atoms with van der Waals surface area (Å²) in [5.41, 5.74) is 1.72. The zero-order valence-corrected chi connectivity index (χ0v) is 20.1. The van der Waals surface area contributed by atoms with Gasteiger partial charge in [0.2, 0.25) is 5.91 Å². The van der Waals surface area contributed by atoms with Crippen molar-refractivity contribution in [1.29, 1.82) is 0 Å². The van der Waals surface area contributed by atoms with Crippen molar-refractivity contribution in [2.45, 2.75) is 24.6 Å². The number of halogens is 1. The third-order valence-corrected chi connectivity index (χ3v) is 6.48. The molecular formula is C27H24FNO6S. The first kappa shape index (κ1) is 25.2. The quantitative estimate of drug-likeness (QED) is 0.267. The van der Waals surface area contributed by atoms with Crippen LogP contribution in [0.4, 0.5) is 4.39 Å². The third-order valence-electron chi connectivity index (χ3n) is 5.22. The lowest BCUT2D eigenvalue weighted by molar-refractivity contribution is -0.138. The lowest BCUT2D eigenvalue weighted by Crippen LogP contribution is -2.33. The Morgan fingerprint density at radius 3 is 2.22 bits per heavy atom. The topological polar surface area (TPSA) is 86.0 Å². The van der Waals surface area contributed by atoms with Crippen LogP contribution in [-0.4, -0.2) is 25.8 Å². The summed E-state index contributed by atoms with van der Waals surface area (Å²) in [5.74, 6) is -0.0473. The fourth-order valence-electron chi connectivity index (χ4n) is 3.39. The molecule has 9 heteroatoms. The molecule has 36 heavy (non-hydrogen) atoms. The summed E-state index contributed by atoms with van der Waals surface area (Å²) in [7, 11) is -4.11. The number of carbonyl (C=O) groups is 1. The zero-order chi connectivity index (χ0) is 25.4. The van der Waals surface area contributed by atoms with Gasteiger partial charge in [0, 0.05) is 6.54 Å². The Kier molecular flexibility index (Phi) is 8.14. The summed E-state index contributed by atoms with van der Waals surface area (Å²) in [6, 6.07) is 23.8. The van der Waals surface area contributed by atoms with E-state index in [0.29, 0.717) is 12.4 Å². The normalized spacial score (nSPS) is 11.2. The molecule has 0 saturated heterocycles. The van der Waals surface area contributed by atoms with Crippen LogP contribution in [-0.2, 0) is 39.3 Å². The van der Waals surface area contributed by atoms with Gasteiger partial charge in [0.05, 0.1) is 19.4 Å². The average Bonchev–Trinajstić information content (AvgIpc) is 3.39. The second kappa shape index (κ2) is 11.7. The predicted octanol–water partition coefficient (Wildman–Crippen LogP) is 4.93. The number of carbonyl (C=O) groups excluding carboxylic acids is 1. The first-order chi connectivity index (χ1) is 17.4. The Morgan fingerprint density at radius 2 is 1.56 bits per heavy atom. The minimum atomic E-state index is -4.11. The summed E-state index contributed by atoms with van der Waals surface area (Å²) < 4.78 is 54.1. The van der Waals surface area contributed by atoms with Crippen LogP contribution in [0.1, 0.15) is 16.9 Å². The number of hydrogen-bond donors (Lipinski definition) is 0. The molecule has 3 aromatic carbocycles. The van der Waals surface area contributed by atoms with Crippen LogP contribution in [0.15, 0.2) is 107 Å². The number of benzene rings is 3. The summed E-state index contributed by atoms with van der Waals surface area (Å²) in [6.45, 7) is 0.708. The van der Waals surface area contributed by atoms with Crippen LogP contribution in [0, 0.1) is 5.82 Å². The van der Waals surface area contributed by atoms with Gasteiger partial charge in [-0.25, -0.2) is 4.39 Å². The Morgan fingerprint density at radius 1 is 0.833 bits per heavy atom. The molecule has 0 bridgehead atoms. The van der Waals surface area contributed by atoms with Crippen LogP contribution in [0.3, 0.4) is 0 Å². The van der Waals surface area contributed by atoms with Crippen LogP contribution in [0.5, 0.6) is 5.75 Å². The van der Waals surface area contributed by atoms with E-state index in [-0.39, 0.29) is 36.2 Å². The van der Waals surface area contributed by atoms with E-state index in [2.05, 4.69) is 0 Å². The average molecular weight is 510 g/mol. The van der Waals surface area contributed by atoms with E-state index in [1.807, 2.05) is 30.3 Å². The van der Waals surface area contributed by atoms with Gasteiger partial charge in [-0.1, -0.05) is 42.5 Å². The van der Waals surface area contributed by atoms with Crippen molar-refractivity contribution >= 4 is 16.0 Å². The Balaban J connectivity index is 1.40. The molecule has 186 valence electrons. The molecule has 1 heterocycles. The maximum absolute atomic E-state index is 13.1. The van der Waals surface area contributed by atoms with E-state index in [1.54, 1.807) is 29.2 Å².